The van der Waals surface area contributed by atoms with Crippen LogP contribution in [0.4, 0.5) is 0 Å². The minimum absolute atomic E-state index is 0.00956. The number of benzene rings is 1. The molecule has 0 spiro atoms. The van der Waals surface area contributed by atoms with Gasteiger partial charge in [0.1, 0.15) is 0 Å². The summed E-state index contributed by atoms with van der Waals surface area (Å²) in [5, 5.41) is 2.92. The van der Waals surface area contributed by atoms with Gasteiger partial charge in [0.2, 0.25) is 11.8 Å². The van der Waals surface area contributed by atoms with Crippen LogP contribution >= 0.6 is 0 Å². The maximum absolute atomic E-state index is 12.6. The molecule has 0 bridgehead atoms. The van der Waals surface area contributed by atoms with Crippen LogP contribution in [0.1, 0.15) is 30.9 Å². The first-order valence-electron chi connectivity index (χ1n) is 8.40. The van der Waals surface area contributed by atoms with E-state index in [1.54, 1.807) is 11.9 Å². The van der Waals surface area contributed by atoms with Gasteiger partial charge >= 0.3 is 0 Å². The molecule has 2 amide bonds. The summed E-state index contributed by atoms with van der Waals surface area (Å²) in [4.78, 5) is 28.2. The van der Waals surface area contributed by atoms with E-state index in [0.29, 0.717) is 6.04 Å². The van der Waals surface area contributed by atoms with Crippen molar-refractivity contribution in [2.75, 3.05) is 20.1 Å². The quantitative estimate of drug-likeness (QED) is 0.887. The van der Waals surface area contributed by atoms with Crippen LogP contribution in [0.25, 0.3) is 0 Å². The van der Waals surface area contributed by atoms with Crippen molar-refractivity contribution in [1.29, 1.82) is 0 Å². The molecule has 1 fully saturated rings. The first-order valence-corrected chi connectivity index (χ1v) is 8.40. The highest BCUT2D eigenvalue weighted by atomic mass is 16.2. The highest BCUT2D eigenvalue weighted by Gasteiger charge is 2.29. The van der Waals surface area contributed by atoms with Gasteiger partial charge in [-0.1, -0.05) is 24.3 Å². The molecular weight excluding hydrogens is 290 g/mol. The number of carbonyl (C=O) groups is 2. The summed E-state index contributed by atoms with van der Waals surface area (Å²) >= 11 is 0. The van der Waals surface area contributed by atoms with E-state index in [-0.39, 0.29) is 24.4 Å². The van der Waals surface area contributed by atoms with Crippen LogP contribution < -0.4 is 5.32 Å². The van der Waals surface area contributed by atoms with Crippen LogP contribution in [0, 0.1) is 0 Å². The van der Waals surface area contributed by atoms with E-state index in [0.717, 1.165) is 32.4 Å². The molecule has 1 aromatic rings. The molecule has 0 saturated heterocycles. The summed E-state index contributed by atoms with van der Waals surface area (Å²) < 4.78 is 0. The number of amides is 2. The van der Waals surface area contributed by atoms with Gasteiger partial charge in [0.05, 0.1) is 12.6 Å². The second-order valence-electron chi connectivity index (χ2n) is 6.70. The molecule has 23 heavy (non-hydrogen) atoms. The lowest BCUT2D eigenvalue weighted by molar-refractivity contribution is -0.139. The Morgan fingerprint density at radius 2 is 2.00 bits per heavy atom. The highest BCUT2D eigenvalue weighted by molar-refractivity contribution is 5.87. The second-order valence-corrected chi connectivity index (χ2v) is 6.70. The standard InChI is InChI=1S/C18H25N3O2/c1-13(18(23)20(2)12-17(22)19-16-7-8-16)21-10-9-14-5-3-4-6-15(14)11-21/h3-6,13,16H,7-12H2,1-2H3,(H,19,22)/t13-/m1/s1. The van der Waals surface area contributed by atoms with Crippen LogP contribution in [-0.2, 0) is 22.6 Å². The fraction of sp³-hybridized carbons (Fsp3) is 0.556. The van der Waals surface area contributed by atoms with Crippen molar-refractivity contribution in [2.45, 2.75) is 44.8 Å². The van der Waals surface area contributed by atoms with Gasteiger partial charge in [-0.05, 0) is 37.3 Å². The van der Waals surface area contributed by atoms with E-state index in [9.17, 15) is 9.59 Å². The van der Waals surface area contributed by atoms with E-state index in [1.807, 2.05) is 13.0 Å². The molecule has 1 atom stereocenters. The van der Waals surface area contributed by atoms with E-state index < -0.39 is 0 Å². The van der Waals surface area contributed by atoms with Crippen molar-refractivity contribution in [3.8, 4) is 0 Å². The largest absolute Gasteiger partial charge is 0.352 e. The molecular formula is C18H25N3O2. The maximum atomic E-state index is 12.6. The summed E-state index contributed by atoms with van der Waals surface area (Å²) in [5.41, 5.74) is 2.67. The lowest BCUT2D eigenvalue weighted by Gasteiger charge is -2.34. The van der Waals surface area contributed by atoms with Crippen LogP contribution in [0.5, 0.6) is 0 Å². The topological polar surface area (TPSA) is 52.7 Å². The number of carbonyl (C=O) groups excluding carboxylic acids is 2. The number of hydrogen-bond donors (Lipinski definition) is 1. The molecule has 0 unspecified atom stereocenters. The Hall–Kier alpha value is -1.88. The van der Waals surface area contributed by atoms with Crippen LogP contribution in [0.3, 0.4) is 0 Å². The van der Waals surface area contributed by atoms with Crippen LogP contribution in [-0.4, -0.2) is 53.8 Å². The molecule has 124 valence electrons. The molecule has 1 saturated carbocycles. The van der Waals surface area contributed by atoms with Crippen molar-refractivity contribution >= 4 is 11.8 Å². The van der Waals surface area contributed by atoms with Crippen molar-refractivity contribution in [3.05, 3.63) is 35.4 Å². The third-order valence-electron chi connectivity index (χ3n) is 4.76. The molecule has 1 N–H and O–H groups in total. The second kappa shape index (κ2) is 6.71. The average molecular weight is 315 g/mol. The molecule has 0 aromatic heterocycles. The number of nitrogens with zero attached hydrogens (tertiary/aromatic N) is 2. The molecule has 1 aliphatic heterocycles. The Kier molecular flexibility index (Phi) is 4.66. The van der Waals surface area contributed by atoms with Crippen molar-refractivity contribution < 1.29 is 9.59 Å². The molecule has 3 rings (SSSR count). The lowest BCUT2D eigenvalue weighted by Crippen LogP contribution is -2.49. The van der Waals surface area contributed by atoms with E-state index in [4.69, 9.17) is 0 Å². The zero-order valence-corrected chi connectivity index (χ0v) is 13.9. The molecule has 2 aliphatic rings. The van der Waals surface area contributed by atoms with E-state index in [1.165, 1.54) is 11.1 Å². The van der Waals surface area contributed by atoms with Crippen molar-refractivity contribution in [3.63, 3.8) is 0 Å². The lowest BCUT2D eigenvalue weighted by atomic mass is 9.98. The molecule has 0 radical (unpaired) electrons. The van der Waals surface area contributed by atoms with Crippen molar-refractivity contribution in [1.82, 2.24) is 15.1 Å². The summed E-state index contributed by atoms with van der Waals surface area (Å²) in [5.74, 6) is -0.0464. The van der Waals surface area contributed by atoms with Crippen LogP contribution in [0.15, 0.2) is 24.3 Å². The van der Waals surface area contributed by atoms with Gasteiger partial charge in [-0.25, -0.2) is 0 Å². The summed E-state index contributed by atoms with van der Waals surface area (Å²) in [6.45, 7) is 3.76. The van der Waals surface area contributed by atoms with Gasteiger partial charge in [0.15, 0.2) is 0 Å². The van der Waals surface area contributed by atoms with Crippen molar-refractivity contribution in [2.24, 2.45) is 0 Å². The molecule has 5 heteroatoms. The van der Waals surface area contributed by atoms with Gasteiger partial charge in [0, 0.05) is 26.2 Å². The van der Waals surface area contributed by atoms with Gasteiger partial charge in [-0.3, -0.25) is 14.5 Å². The monoisotopic (exact) mass is 315 g/mol. The number of hydrogen-bond acceptors (Lipinski definition) is 3. The summed E-state index contributed by atoms with van der Waals surface area (Å²) in [7, 11) is 1.71. The third kappa shape index (κ3) is 3.91. The smallest absolute Gasteiger partial charge is 0.239 e. The number of rotatable bonds is 5. The third-order valence-corrected chi connectivity index (χ3v) is 4.76. The molecule has 5 nitrogen and oxygen atoms in total. The van der Waals surface area contributed by atoms with Gasteiger partial charge in [0.25, 0.3) is 0 Å². The Morgan fingerprint density at radius 1 is 1.30 bits per heavy atom. The predicted molar refractivity (Wildman–Crippen MR) is 88.8 cm³/mol. The fourth-order valence-electron chi connectivity index (χ4n) is 3.12. The first kappa shape index (κ1) is 16.0. The van der Waals surface area contributed by atoms with E-state index >= 15 is 0 Å². The average Bonchev–Trinajstić information content (AvgIpc) is 3.36. The Bertz CT molecular complexity index is 598. The van der Waals surface area contributed by atoms with Crippen LogP contribution in [0.2, 0.25) is 0 Å². The Morgan fingerprint density at radius 3 is 2.70 bits per heavy atom. The van der Waals surface area contributed by atoms with E-state index in [2.05, 4.69) is 28.4 Å². The SMILES string of the molecule is C[C@H](C(=O)N(C)CC(=O)NC1CC1)N1CCc2ccccc2C1. The van der Waals surface area contributed by atoms with Gasteiger partial charge in [-0.2, -0.15) is 0 Å². The predicted octanol–water partition coefficient (Wildman–Crippen LogP) is 1.17. The zero-order chi connectivity index (χ0) is 16.4. The first-order chi connectivity index (χ1) is 11.0. The summed E-state index contributed by atoms with van der Waals surface area (Å²) in [6, 6.07) is 8.53. The minimum atomic E-state index is -0.206. The van der Waals surface area contributed by atoms with Gasteiger partial charge < -0.3 is 10.2 Å². The Balaban J connectivity index is 1.55. The van der Waals surface area contributed by atoms with Gasteiger partial charge in [-0.15, -0.1) is 0 Å². The number of fused-ring (bicyclic) bond motifs is 1. The normalized spacial score (nSPS) is 18.9. The molecule has 1 aromatic carbocycles. The molecule has 1 heterocycles. The molecule has 1 aliphatic carbocycles. The highest BCUT2D eigenvalue weighted by Crippen LogP contribution is 2.21. The minimum Gasteiger partial charge on any atom is -0.352 e. The fourth-order valence-corrected chi connectivity index (χ4v) is 3.12. The summed E-state index contributed by atoms with van der Waals surface area (Å²) in [6.07, 6.45) is 3.10. The maximum Gasteiger partial charge on any atom is 0.239 e. The number of likely N-dealkylation sites (N-methyl/N-ethyl adjacent to an activating group) is 1. The zero-order valence-electron chi connectivity index (χ0n) is 13.9. The Labute approximate surface area is 137 Å². The number of nitrogens with one attached hydrogen (secondary N) is 1.